The maximum Gasteiger partial charge on any atom is 0.334 e. The zero-order chi connectivity index (χ0) is 18.6. The van der Waals surface area contributed by atoms with Crippen molar-refractivity contribution in [3.8, 4) is 11.1 Å². The fraction of sp³-hybridized carbons (Fsp3) is 0.160. The van der Waals surface area contributed by atoms with Crippen molar-refractivity contribution in [1.29, 1.82) is 0 Å². The average molecular weight is 354 g/mol. The van der Waals surface area contributed by atoms with Crippen LogP contribution < -0.4 is 0 Å². The Kier molecular flexibility index (Phi) is 4.88. The van der Waals surface area contributed by atoms with Crippen molar-refractivity contribution >= 4 is 5.97 Å². The Hall–Kier alpha value is -3.13. The number of carbonyl (C=O) groups is 1. The number of hydrogen-bond acceptors (Lipinski definition) is 2. The minimum Gasteiger partial charge on any atom is -0.461 e. The molecule has 0 radical (unpaired) electrons. The monoisotopic (exact) mass is 354 g/mol. The fourth-order valence-electron chi connectivity index (χ4n) is 3.80. The molecule has 0 spiro atoms. The molecule has 3 aromatic rings. The molecule has 1 aliphatic carbocycles. The topological polar surface area (TPSA) is 26.3 Å². The number of benzene rings is 3. The molecule has 0 saturated heterocycles. The van der Waals surface area contributed by atoms with Crippen molar-refractivity contribution in [3.05, 3.63) is 107 Å². The van der Waals surface area contributed by atoms with Gasteiger partial charge in [-0.3, -0.25) is 0 Å². The zero-order valence-electron chi connectivity index (χ0n) is 15.4. The van der Waals surface area contributed by atoms with E-state index in [0.29, 0.717) is 18.6 Å². The number of esters is 1. The highest BCUT2D eigenvalue weighted by Gasteiger charge is 2.29. The first-order valence-electron chi connectivity index (χ1n) is 9.32. The fourth-order valence-corrected chi connectivity index (χ4v) is 3.80. The van der Waals surface area contributed by atoms with Gasteiger partial charge in [0.1, 0.15) is 6.61 Å². The molecular formula is C25H22O2. The van der Waals surface area contributed by atoms with Gasteiger partial charge < -0.3 is 4.74 Å². The highest BCUT2D eigenvalue weighted by Crippen LogP contribution is 2.44. The summed E-state index contributed by atoms with van der Waals surface area (Å²) in [5.41, 5.74) is 6.75. The standard InChI is InChI=1S/C25H22O2/c1-2-19(16-18-10-4-3-5-11-18)25(26)27-17-24-22-14-8-6-12-20(22)21-13-7-9-15-23(21)24/h2-15,24H,16-17H2,1H3/b19-2-. The molecule has 0 N–H and O–H groups in total. The normalized spacial score (nSPS) is 13.1. The summed E-state index contributed by atoms with van der Waals surface area (Å²) in [5.74, 6) is -0.139. The lowest BCUT2D eigenvalue weighted by atomic mass is 9.98. The summed E-state index contributed by atoms with van der Waals surface area (Å²) >= 11 is 0. The second-order valence-corrected chi connectivity index (χ2v) is 6.80. The van der Waals surface area contributed by atoms with E-state index >= 15 is 0 Å². The lowest BCUT2D eigenvalue weighted by molar-refractivity contribution is -0.139. The second-order valence-electron chi connectivity index (χ2n) is 6.80. The maximum atomic E-state index is 12.7. The van der Waals surface area contributed by atoms with Crippen molar-refractivity contribution in [1.82, 2.24) is 0 Å². The molecule has 2 nitrogen and oxygen atoms in total. The highest BCUT2D eigenvalue weighted by atomic mass is 16.5. The molecule has 0 unspecified atom stereocenters. The molecule has 0 bridgehead atoms. The Morgan fingerprint density at radius 2 is 1.41 bits per heavy atom. The van der Waals surface area contributed by atoms with Crippen LogP contribution in [0.25, 0.3) is 11.1 Å². The molecule has 0 saturated carbocycles. The molecule has 4 rings (SSSR count). The smallest absolute Gasteiger partial charge is 0.334 e. The minimum absolute atomic E-state index is 0.0937. The average Bonchev–Trinajstić information content (AvgIpc) is 3.05. The van der Waals surface area contributed by atoms with E-state index in [9.17, 15) is 4.79 Å². The van der Waals surface area contributed by atoms with Gasteiger partial charge in [-0.15, -0.1) is 0 Å². The largest absolute Gasteiger partial charge is 0.461 e. The van der Waals surface area contributed by atoms with Crippen molar-refractivity contribution in [2.24, 2.45) is 0 Å². The molecule has 0 atom stereocenters. The van der Waals surface area contributed by atoms with Crippen LogP contribution in [0.4, 0.5) is 0 Å². The predicted molar refractivity (Wildman–Crippen MR) is 109 cm³/mol. The molecule has 0 aliphatic heterocycles. The van der Waals surface area contributed by atoms with Crippen LogP contribution in [0.15, 0.2) is 90.5 Å². The van der Waals surface area contributed by atoms with Gasteiger partial charge in [0.2, 0.25) is 0 Å². The first-order valence-corrected chi connectivity index (χ1v) is 9.32. The summed E-state index contributed by atoms with van der Waals surface area (Å²) in [6.07, 6.45) is 2.44. The second kappa shape index (κ2) is 7.63. The number of hydrogen-bond donors (Lipinski definition) is 0. The number of fused-ring (bicyclic) bond motifs is 3. The van der Waals surface area contributed by atoms with Gasteiger partial charge in [-0.2, -0.15) is 0 Å². The Bertz CT molecular complexity index is 940. The van der Waals surface area contributed by atoms with Crippen LogP contribution in [0.1, 0.15) is 29.5 Å². The minimum atomic E-state index is -0.233. The van der Waals surface area contributed by atoms with E-state index < -0.39 is 0 Å². The third kappa shape index (κ3) is 3.43. The molecule has 0 fully saturated rings. The summed E-state index contributed by atoms with van der Waals surface area (Å²) in [4.78, 5) is 12.7. The molecule has 0 amide bonds. The van der Waals surface area contributed by atoms with E-state index in [0.717, 1.165) is 5.56 Å². The number of rotatable bonds is 5. The van der Waals surface area contributed by atoms with Crippen molar-refractivity contribution in [2.75, 3.05) is 6.61 Å². The zero-order valence-corrected chi connectivity index (χ0v) is 15.4. The molecule has 0 heterocycles. The van der Waals surface area contributed by atoms with Gasteiger partial charge in [-0.1, -0.05) is 84.9 Å². The van der Waals surface area contributed by atoms with E-state index in [2.05, 4.69) is 36.4 Å². The van der Waals surface area contributed by atoms with Gasteiger partial charge in [-0.05, 0) is 34.7 Å². The van der Waals surface area contributed by atoms with Crippen LogP contribution in [-0.2, 0) is 16.0 Å². The molecule has 2 heteroatoms. The highest BCUT2D eigenvalue weighted by molar-refractivity contribution is 5.89. The van der Waals surface area contributed by atoms with Crippen LogP contribution in [0.2, 0.25) is 0 Å². The Morgan fingerprint density at radius 1 is 0.852 bits per heavy atom. The third-order valence-electron chi connectivity index (χ3n) is 5.19. The van der Waals surface area contributed by atoms with Crippen LogP contribution in [0.3, 0.4) is 0 Å². The molecule has 134 valence electrons. The Morgan fingerprint density at radius 3 is 2.00 bits per heavy atom. The SMILES string of the molecule is C/C=C(/Cc1ccccc1)C(=O)OCC1c2ccccc2-c2ccccc21. The maximum absolute atomic E-state index is 12.7. The van der Waals surface area contributed by atoms with Gasteiger partial charge in [0.25, 0.3) is 0 Å². The van der Waals surface area contributed by atoms with Crippen LogP contribution >= 0.6 is 0 Å². The summed E-state index contributed by atoms with van der Waals surface area (Å²) in [5, 5.41) is 0. The van der Waals surface area contributed by atoms with E-state index in [1.54, 1.807) is 0 Å². The summed E-state index contributed by atoms with van der Waals surface area (Å²) < 4.78 is 5.76. The van der Waals surface area contributed by atoms with Crippen LogP contribution in [0.5, 0.6) is 0 Å². The van der Waals surface area contributed by atoms with Gasteiger partial charge >= 0.3 is 5.97 Å². The summed E-state index contributed by atoms with van der Waals surface area (Å²) in [6.45, 7) is 2.25. The van der Waals surface area contributed by atoms with Gasteiger partial charge in [-0.25, -0.2) is 4.79 Å². The van der Waals surface area contributed by atoms with Crippen molar-refractivity contribution < 1.29 is 9.53 Å². The van der Waals surface area contributed by atoms with Crippen LogP contribution in [0, 0.1) is 0 Å². The van der Waals surface area contributed by atoms with E-state index in [1.807, 2.05) is 55.5 Å². The predicted octanol–water partition coefficient (Wildman–Crippen LogP) is 5.53. The van der Waals surface area contributed by atoms with Crippen molar-refractivity contribution in [2.45, 2.75) is 19.3 Å². The van der Waals surface area contributed by atoms with Crippen molar-refractivity contribution in [3.63, 3.8) is 0 Å². The molecule has 3 aromatic carbocycles. The molecular weight excluding hydrogens is 332 g/mol. The number of ether oxygens (including phenoxy) is 1. The third-order valence-corrected chi connectivity index (χ3v) is 5.19. The number of carbonyl (C=O) groups excluding carboxylic acids is 1. The van der Waals surface area contributed by atoms with E-state index in [1.165, 1.54) is 22.3 Å². The van der Waals surface area contributed by atoms with Gasteiger partial charge in [0.05, 0.1) is 0 Å². The lowest BCUT2D eigenvalue weighted by Crippen LogP contribution is -2.15. The van der Waals surface area contributed by atoms with Gasteiger partial charge in [0.15, 0.2) is 0 Å². The molecule has 27 heavy (non-hydrogen) atoms. The van der Waals surface area contributed by atoms with Gasteiger partial charge in [0, 0.05) is 17.9 Å². The van der Waals surface area contributed by atoms with E-state index in [-0.39, 0.29) is 11.9 Å². The quantitative estimate of drug-likeness (QED) is 0.445. The molecule has 0 aromatic heterocycles. The Labute approximate surface area is 160 Å². The number of allylic oxidation sites excluding steroid dienone is 1. The van der Waals surface area contributed by atoms with E-state index in [4.69, 9.17) is 4.74 Å². The summed E-state index contributed by atoms with van der Waals surface area (Å²) in [6, 6.07) is 26.8. The first kappa shape index (κ1) is 17.3. The van der Waals surface area contributed by atoms with Crippen LogP contribution in [-0.4, -0.2) is 12.6 Å². The summed E-state index contributed by atoms with van der Waals surface area (Å²) in [7, 11) is 0. The lowest BCUT2D eigenvalue weighted by Gasteiger charge is -2.15. The molecule has 1 aliphatic rings. The Balaban J connectivity index is 1.51. The first-order chi connectivity index (χ1) is 13.3.